The summed E-state index contributed by atoms with van der Waals surface area (Å²) in [7, 11) is 0. The summed E-state index contributed by atoms with van der Waals surface area (Å²) in [6.07, 6.45) is 1.11. The molecule has 3 rings (SSSR count). The van der Waals surface area contributed by atoms with Crippen molar-refractivity contribution in [3.63, 3.8) is 0 Å². The fraction of sp³-hybridized carbons (Fsp3) is 0.600. The maximum Gasteiger partial charge on any atom is 0.0594 e. The average Bonchev–Trinajstić information content (AvgIpc) is 2.87. The molecule has 0 saturated carbocycles. The van der Waals surface area contributed by atoms with Crippen LogP contribution in [0.5, 0.6) is 0 Å². The smallest absolute Gasteiger partial charge is 0.0594 e. The molecule has 0 unspecified atom stereocenters. The summed E-state index contributed by atoms with van der Waals surface area (Å²) in [5, 5.41) is 0. The minimum absolute atomic E-state index is 0.341. The van der Waals surface area contributed by atoms with Crippen LogP contribution in [0.2, 0.25) is 0 Å². The Hall–Kier alpha value is -1.10. The summed E-state index contributed by atoms with van der Waals surface area (Å²) in [5.74, 6) is 0. The molecule has 0 spiro atoms. The standard InChI is InChI=1S/C15H23N3O/c16-14-5-6-18(12-14)15-3-1-13(2-4-15)11-17-7-9-19-10-8-17/h1-4,14H,5-12,16H2/t14-/m0/s1. The summed E-state index contributed by atoms with van der Waals surface area (Å²) >= 11 is 0. The van der Waals surface area contributed by atoms with Gasteiger partial charge < -0.3 is 15.4 Å². The van der Waals surface area contributed by atoms with E-state index in [1.54, 1.807) is 0 Å². The zero-order valence-electron chi connectivity index (χ0n) is 11.4. The quantitative estimate of drug-likeness (QED) is 0.883. The van der Waals surface area contributed by atoms with E-state index in [9.17, 15) is 0 Å². The van der Waals surface area contributed by atoms with Gasteiger partial charge in [-0.2, -0.15) is 0 Å². The van der Waals surface area contributed by atoms with Gasteiger partial charge in [0.25, 0.3) is 0 Å². The second-order valence-corrected chi connectivity index (χ2v) is 5.55. The molecule has 2 saturated heterocycles. The molecule has 1 aromatic carbocycles. The zero-order valence-corrected chi connectivity index (χ0v) is 11.4. The number of nitrogens with zero attached hydrogens (tertiary/aromatic N) is 2. The van der Waals surface area contributed by atoms with Crippen molar-refractivity contribution in [2.45, 2.75) is 19.0 Å². The highest BCUT2D eigenvalue weighted by molar-refractivity contribution is 5.48. The molecule has 2 N–H and O–H groups in total. The lowest BCUT2D eigenvalue weighted by Crippen LogP contribution is -2.35. The van der Waals surface area contributed by atoms with Gasteiger partial charge in [0.05, 0.1) is 13.2 Å². The molecule has 0 aliphatic carbocycles. The highest BCUT2D eigenvalue weighted by Gasteiger charge is 2.19. The SMILES string of the molecule is N[C@H]1CCN(c2ccc(CN3CCOCC3)cc2)C1. The number of benzene rings is 1. The number of ether oxygens (including phenoxy) is 1. The first-order valence-corrected chi connectivity index (χ1v) is 7.21. The van der Waals surface area contributed by atoms with E-state index in [1.165, 1.54) is 11.3 Å². The number of anilines is 1. The monoisotopic (exact) mass is 261 g/mol. The van der Waals surface area contributed by atoms with Gasteiger partial charge in [-0.05, 0) is 24.1 Å². The molecule has 1 aromatic rings. The molecular weight excluding hydrogens is 238 g/mol. The number of nitrogens with two attached hydrogens (primary N) is 1. The topological polar surface area (TPSA) is 41.7 Å². The van der Waals surface area contributed by atoms with Gasteiger partial charge in [-0.1, -0.05) is 12.1 Å². The molecule has 0 aromatic heterocycles. The lowest BCUT2D eigenvalue weighted by Gasteiger charge is -2.26. The van der Waals surface area contributed by atoms with E-state index in [1.807, 2.05) is 0 Å². The predicted molar refractivity (Wildman–Crippen MR) is 77.3 cm³/mol. The third kappa shape index (κ3) is 3.26. The van der Waals surface area contributed by atoms with Crippen molar-refractivity contribution in [3.05, 3.63) is 29.8 Å². The van der Waals surface area contributed by atoms with Gasteiger partial charge in [0.15, 0.2) is 0 Å². The Labute approximate surface area is 115 Å². The summed E-state index contributed by atoms with van der Waals surface area (Å²) in [4.78, 5) is 4.83. The molecule has 19 heavy (non-hydrogen) atoms. The Morgan fingerprint density at radius 1 is 1.11 bits per heavy atom. The van der Waals surface area contributed by atoms with Crippen LogP contribution in [0, 0.1) is 0 Å². The summed E-state index contributed by atoms with van der Waals surface area (Å²) in [5.41, 5.74) is 8.64. The van der Waals surface area contributed by atoms with Crippen molar-refractivity contribution >= 4 is 5.69 Å². The van der Waals surface area contributed by atoms with Crippen LogP contribution in [0.25, 0.3) is 0 Å². The second kappa shape index (κ2) is 5.90. The van der Waals surface area contributed by atoms with Crippen LogP contribution in [0.15, 0.2) is 24.3 Å². The van der Waals surface area contributed by atoms with Crippen LogP contribution < -0.4 is 10.6 Å². The van der Waals surface area contributed by atoms with Gasteiger partial charge in [-0.25, -0.2) is 0 Å². The molecule has 4 nitrogen and oxygen atoms in total. The van der Waals surface area contributed by atoms with Gasteiger partial charge in [-0.15, -0.1) is 0 Å². The third-order valence-electron chi connectivity index (χ3n) is 4.04. The van der Waals surface area contributed by atoms with Crippen LogP contribution in [-0.2, 0) is 11.3 Å². The van der Waals surface area contributed by atoms with Crippen molar-refractivity contribution in [2.75, 3.05) is 44.3 Å². The molecule has 104 valence electrons. The molecule has 0 amide bonds. The normalized spacial score (nSPS) is 24.9. The second-order valence-electron chi connectivity index (χ2n) is 5.55. The van der Waals surface area contributed by atoms with E-state index in [0.29, 0.717) is 6.04 Å². The Balaban J connectivity index is 1.59. The van der Waals surface area contributed by atoms with Gasteiger partial charge in [-0.3, -0.25) is 4.90 Å². The van der Waals surface area contributed by atoms with Crippen molar-refractivity contribution < 1.29 is 4.74 Å². The third-order valence-corrected chi connectivity index (χ3v) is 4.04. The number of hydrogen-bond donors (Lipinski definition) is 1. The molecule has 1 atom stereocenters. The Morgan fingerprint density at radius 3 is 2.47 bits per heavy atom. The van der Waals surface area contributed by atoms with Crippen LogP contribution in [0.4, 0.5) is 5.69 Å². The predicted octanol–water partition coefficient (Wildman–Crippen LogP) is 1.06. The number of hydrogen-bond acceptors (Lipinski definition) is 4. The van der Waals surface area contributed by atoms with E-state index in [0.717, 1.165) is 52.4 Å². The minimum atomic E-state index is 0.341. The fourth-order valence-electron chi connectivity index (χ4n) is 2.85. The Morgan fingerprint density at radius 2 is 1.84 bits per heavy atom. The number of rotatable bonds is 3. The molecule has 4 heteroatoms. The fourth-order valence-corrected chi connectivity index (χ4v) is 2.85. The summed E-state index contributed by atoms with van der Waals surface area (Å²) in [6.45, 7) is 6.93. The Kier molecular flexibility index (Phi) is 4.01. The van der Waals surface area contributed by atoms with Crippen molar-refractivity contribution in [1.29, 1.82) is 0 Å². The zero-order chi connectivity index (χ0) is 13.1. The lowest BCUT2D eigenvalue weighted by molar-refractivity contribution is 0.0342. The maximum absolute atomic E-state index is 5.96. The molecule has 0 radical (unpaired) electrons. The first-order valence-electron chi connectivity index (χ1n) is 7.21. The van der Waals surface area contributed by atoms with Crippen molar-refractivity contribution in [1.82, 2.24) is 4.90 Å². The van der Waals surface area contributed by atoms with Crippen molar-refractivity contribution in [2.24, 2.45) is 5.73 Å². The largest absolute Gasteiger partial charge is 0.379 e. The maximum atomic E-state index is 5.96. The van der Waals surface area contributed by atoms with Gasteiger partial charge in [0.2, 0.25) is 0 Å². The van der Waals surface area contributed by atoms with Gasteiger partial charge in [0.1, 0.15) is 0 Å². The lowest BCUT2D eigenvalue weighted by atomic mass is 10.2. The summed E-state index contributed by atoms with van der Waals surface area (Å²) < 4.78 is 5.37. The minimum Gasteiger partial charge on any atom is -0.379 e. The molecule has 0 bridgehead atoms. The average molecular weight is 261 g/mol. The van der Waals surface area contributed by atoms with Crippen LogP contribution in [0.1, 0.15) is 12.0 Å². The highest BCUT2D eigenvalue weighted by Crippen LogP contribution is 2.20. The number of morpholine rings is 1. The molecule has 2 aliphatic heterocycles. The van der Waals surface area contributed by atoms with E-state index in [-0.39, 0.29) is 0 Å². The van der Waals surface area contributed by atoms with E-state index in [4.69, 9.17) is 10.5 Å². The summed E-state index contributed by atoms with van der Waals surface area (Å²) in [6, 6.07) is 9.29. The van der Waals surface area contributed by atoms with E-state index >= 15 is 0 Å². The molecule has 2 aliphatic rings. The van der Waals surface area contributed by atoms with Crippen LogP contribution in [0.3, 0.4) is 0 Å². The van der Waals surface area contributed by atoms with Gasteiger partial charge in [0, 0.05) is 44.5 Å². The first-order chi connectivity index (χ1) is 9.31. The first kappa shape index (κ1) is 12.9. The highest BCUT2D eigenvalue weighted by atomic mass is 16.5. The Bertz CT molecular complexity index is 400. The van der Waals surface area contributed by atoms with Crippen molar-refractivity contribution in [3.8, 4) is 0 Å². The molecule has 2 fully saturated rings. The van der Waals surface area contributed by atoms with E-state index in [2.05, 4.69) is 34.1 Å². The molecular formula is C15H23N3O. The van der Waals surface area contributed by atoms with E-state index < -0.39 is 0 Å². The van der Waals surface area contributed by atoms with Gasteiger partial charge >= 0.3 is 0 Å². The van der Waals surface area contributed by atoms with Crippen LogP contribution in [-0.4, -0.2) is 50.3 Å². The van der Waals surface area contributed by atoms with Crippen LogP contribution >= 0.6 is 0 Å². The molecule has 2 heterocycles.